The van der Waals surface area contributed by atoms with Crippen molar-refractivity contribution in [3.8, 4) is 0 Å². The summed E-state index contributed by atoms with van der Waals surface area (Å²) in [4.78, 5) is 23.3. The first kappa shape index (κ1) is 21.9. The number of amides is 1. The largest absolute Gasteiger partial charge is 0.447 e. The first-order chi connectivity index (χ1) is 12.9. The number of aliphatic hydroxyl groups excluding tert-OH is 1. The van der Waals surface area contributed by atoms with E-state index in [2.05, 4.69) is 21.7 Å². The van der Waals surface area contributed by atoms with Gasteiger partial charge in [0.1, 0.15) is 6.26 Å². The Morgan fingerprint density at radius 2 is 1.93 bits per heavy atom. The van der Waals surface area contributed by atoms with Crippen LogP contribution in [0.4, 0.5) is 0 Å². The average molecular weight is 381 g/mol. The average Bonchev–Trinajstić information content (AvgIpc) is 3.10. The maximum Gasteiger partial charge on any atom is 0.276 e. The molecule has 1 aromatic heterocycles. The number of aromatic nitrogens is 1. The van der Waals surface area contributed by atoms with Crippen molar-refractivity contribution in [3.63, 3.8) is 0 Å². The van der Waals surface area contributed by atoms with Gasteiger partial charge in [-0.05, 0) is 27.2 Å². The van der Waals surface area contributed by atoms with Crippen molar-refractivity contribution in [3.05, 3.63) is 17.8 Å². The third-order valence-corrected chi connectivity index (χ3v) is 5.18. The molecule has 1 aliphatic heterocycles. The number of rotatable bonds is 10. The first-order valence-corrected chi connectivity index (χ1v) is 10.3. The molecule has 0 bridgehead atoms. The van der Waals surface area contributed by atoms with Crippen molar-refractivity contribution in [1.29, 1.82) is 0 Å². The molecule has 27 heavy (non-hydrogen) atoms. The fraction of sp³-hybridized carbons (Fsp3) is 0.800. The highest BCUT2D eigenvalue weighted by atomic mass is 16.3. The second-order valence-corrected chi connectivity index (χ2v) is 7.68. The van der Waals surface area contributed by atoms with E-state index in [-0.39, 0.29) is 18.1 Å². The summed E-state index contributed by atoms with van der Waals surface area (Å²) in [5.74, 6) is 0.517. The summed E-state index contributed by atoms with van der Waals surface area (Å²) in [6, 6.07) is 0.142. The Balaban J connectivity index is 1.79. The molecule has 0 saturated carbocycles. The lowest BCUT2D eigenvalue weighted by Crippen LogP contribution is -2.48. The molecule has 0 spiro atoms. The highest BCUT2D eigenvalue weighted by molar-refractivity contribution is 5.92. The Hall–Kier alpha value is -1.44. The molecule has 1 unspecified atom stereocenters. The van der Waals surface area contributed by atoms with Crippen LogP contribution in [0.3, 0.4) is 0 Å². The van der Waals surface area contributed by atoms with E-state index in [4.69, 9.17) is 4.42 Å². The molecule has 2 rings (SSSR count). The SMILES string of the molecule is CCCCC(O)CN1CCN(Cc2nc(C(=O)N(CC)C(C)C)co2)CC1. The van der Waals surface area contributed by atoms with Crippen molar-refractivity contribution < 1.29 is 14.3 Å². The van der Waals surface area contributed by atoms with Gasteiger partial charge < -0.3 is 14.4 Å². The summed E-state index contributed by atoms with van der Waals surface area (Å²) in [7, 11) is 0. The number of aliphatic hydroxyl groups is 1. The van der Waals surface area contributed by atoms with Crippen molar-refractivity contribution in [2.24, 2.45) is 0 Å². The summed E-state index contributed by atoms with van der Waals surface area (Å²) in [5, 5.41) is 10.1. The molecule has 7 nitrogen and oxygen atoms in total. The predicted octanol–water partition coefficient (Wildman–Crippen LogP) is 2.21. The number of piperazine rings is 1. The minimum absolute atomic E-state index is 0.0756. The number of unbranched alkanes of at least 4 members (excludes halogenated alkanes) is 1. The van der Waals surface area contributed by atoms with Gasteiger partial charge in [-0.3, -0.25) is 14.6 Å². The molecule has 1 atom stereocenters. The standard InChI is InChI=1S/C20H36N4O3/c1-5-7-8-17(25)13-22-9-11-23(12-10-22)14-19-21-18(15-27-19)20(26)24(6-2)16(3)4/h15-17,25H,5-14H2,1-4H3. The zero-order chi connectivity index (χ0) is 19.8. The Morgan fingerprint density at radius 3 is 2.52 bits per heavy atom. The predicted molar refractivity (Wildman–Crippen MR) is 106 cm³/mol. The molecule has 1 amide bonds. The van der Waals surface area contributed by atoms with E-state index in [1.165, 1.54) is 6.26 Å². The zero-order valence-corrected chi connectivity index (χ0v) is 17.4. The lowest BCUT2D eigenvalue weighted by Gasteiger charge is -2.35. The van der Waals surface area contributed by atoms with Gasteiger partial charge in [0, 0.05) is 45.3 Å². The monoisotopic (exact) mass is 380 g/mol. The van der Waals surface area contributed by atoms with Gasteiger partial charge in [0.15, 0.2) is 5.69 Å². The van der Waals surface area contributed by atoms with E-state index in [9.17, 15) is 9.90 Å². The van der Waals surface area contributed by atoms with Crippen LogP contribution in [0.15, 0.2) is 10.7 Å². The summed E-state index contributed by atoms with van der Waals surface area (Å²) in [5.41, 5.74) is 0.387. The minimum Gasteiger partial charge on any atom is -0.447 e. The Bertz CT molecular complexity index is 567. The van der Waals surface area contributed by atoms with Crippen LogP contribution >= 0.6 is 0 Å². The Labute approximate surface area is 163 Å². The smallest absolute Gasteiger partial charge is 0.276 e. The molecule has 0 radical (unpaired) electrons. The number of carbonyl (C=O) groups is 1. The molecule has 0 aliphatic carbocycles. The van der Waals surface area contributed by atoms with Crippen molar-refractivity contribution >= 4 is 5.91 Å². The number of oxazole rings is 1. The highest BCUT2D eigenvalue weighted by Gasteiger charge is 2.23. The van der Waals surface area contributed by atoms with Crippen LogP contribution in [0.2, 0.25) is 0 Å². The number of β-amino-alcohol motifs (C(OH)–C–C–N with tert-alkyl or cyclic N) is 1. The molecule has 1 aromatic rings. The number of hydrogen-bond donors (Lipinski definition) is 1. The van der Waals surface area contributed by atoms with Crippen molar-refractivity contribution in [2.75, 3.05) is 39.3 Å². The molecule has 1 saturated heterocycles. The molecular formula is C20H36N4O3. The first-order valence-electron chi connectivity index (χ1n) is 10.3. The topological polar surface area (TPSA) is 73.1 Å². The van der Waals surface area contributed by atoms with Crippen LogP contribution in [-0.2, 0) is 6.54 Å². The molecule has 2 heterocycles. The molecule has 1 N–H and O–H groups in total. The fourth-order valence-corrected chi connectivity index (χ4v) is 3.52. The number of hydrogen-bond acceptors (Lipinski definition) is 6. The van der Waals surface area contributed by atoms with Crippen LogP contribution in [0.5, 0.6) is 0 Å². The van der Waals surface area contributed by atoms with Gasteiger partial charge in [0.25, 0.3) is 5.91 Å². The van der Waals surface area contributed by atoms with Crippen molar-refractivity contribution in [2.45, 2.75) is 65.6 Å². The van der Waals surface area contributed by atoms with Gasteiger partial charge >= 0.3 is 0 Å². The molecule has 154 valence electrons. The highest BCUT2D eigenvalue weighted by Crippen LogP contribution is 2.13. The van der Waals surface area contributed by atoms with E-state index < -0.39 is 0 Å². The maximum absolute atomic E-state index is 12.5. The second-order valence-electron chi connectivity index (χ2n) is 7.68. The van der Waals surface area contributed by atoms with E-state index in [1.807, 2.05) is 20.8 Å². The van der Waals surface area contributed by atoms with Crippen molar-refractivity contribution in [1.82, 2.24) is 19.7 Å². The summed E-state index contributed by atoms with van der Waals surface area (Å²) in [6.07, 6.45) is 4.34. The van der Waals surface area contributed by atoms with Crippen LogP contribution in [0.25, 0.3) is 0 Å². The number of carbonyl (C=O) groups excluding carboxylic acids is 1. The van der Waals surface area contributed by atoms with Gasteiger partial charge in [-0.1, -0.05) is 19.8 Å². The van der Waals surface area contributed by atoms with Crippen LogP contribution in [-0.4, -0.2) is 82.1 Å². The van der Waals surface area contributed by atoms with Gasteiger partial charge in [-0.15, -0.1) is 0 Å². The van der Waals surface area contributed by atoms with Gasteiger partial charge in [0.05, 0.1) is 12.6 Å². The molecular weight excluding hydrogens is 344 g/mol. The lowest BCUT2D eigenvalue weighted by molar-refractivity contribution is 0.0627. The van der Waals surface area contributed by atoms with Crippen LogP contribution in [0, 0.1) is 0 Å². The van der Waals surface area contributed by atoms with E-state index in [0.29, 0.717) is 24.7 Å². The Kier molecular flexibility index (Phi) is 8.73. The summed E-state index contributed by atoms with van der Waals surface area (Å²) in [6.45, 7) is 13.9. The van der Waals surface area contributed by atoms with E-state index >= 15 is 0 Å². The minimum atomic E-state index is -0.223. The Morgan fingerprint density at radius 1 is 1.26 bits per heavy atom. The third-order valence-electron chi connectivity index (χ3n) is 5.18. The second kappa shape index (κ2) is 10.8. The zero-order valence-electron chi connectivity index (χ0n) is 17.4. The summed E-state index contributed by atoms with van der Waals surface area (Å²) < 4.78 is 5.54. The van der Waals surface area contributed by atoms with E-state index in [1.54, 1.807) is 4.90 Å². The lowest BCUT2D eigenvalue weighted by atomic mass is 10.1. The molecule has 0 aromatic carbocycles. The summed E-state index contributed by atoms with van der Waals surface area (Å²) >= 11 is 0. The van der Waals surface area contributed by atoms with Gasteiger partial charge in [-0.2, -0.15) is 0 Å². The van der Waals surface area contributed by atoms with E-state index in [0.717, 1.165) is 52.0 Å². The number of nitrogens with zero attached hydrogens (tertiary/aromatic N) is 4. The maximum atomic E-state index is 12.5. The van der Waals surface area contributed by atoms with Crippen LogP contribution in [0.1, 0.15) is 63.3 Å². The normalized spacial score (nSPS) is 17.4. The van der Waals surface area contributed by atoms with Gasteiger partial charge in [0.2, 0.25) is 5.89 Å². The third kappa shape index (κ3) is 6.59. The fourth-order valence-electron chi connectivity index (χ4n) is 3.52. The molecule has 7 heteroatoms. The molecule has 1 aliphatic rings. The quantitative estimate of drug-likeness (QED) is 0.671. The van der Waals surface area contributed by atoms with Crippen LogP contribution < -0.4 is 0 Å². The van der Waals surface area contributed by atoms with Gasteiger partial charge in [-0.25, -0.2) is 4.98 Å². The molecule has 1 fully saturated rings.